The average Bonchev–Trinajstić information content (AvgIpc) is 2.39. The van der Waals surface area contributed by atoms with Crippen LogP contribution in [0.2, 0.25) is 0 Å². The lowest BCUT2D eigenvalue weighted by atomic mass is 10.00. The van der Waals surface area contributed by atoms with Gasteiger partial charge in [0.2, 0.25) is 5.91 Å². The molecule has 0 saturated heterocycles. The Morgan fingerprint density at radius 2 is 2.28 bits per heavy atom. The van der Waals surface area contributed by atoms with Gasteiger partial charge in [-0.2, -0.15) is 0 Å². The number of hydrogen-bond donors (Lipinski definition) is 1. The van der Waals surface area contributed by atoms with Gasteiger partial charge < -0.3 is 10.1 Å². The quantitative estimate of drug-likeness (QED) is 0.831. The number of carbonyl (C=O) groups is 1. The fraction of sp³-hybridized carbons (Fsp3) is 0.400. The molecule has 1 aliphatic rings. The highest BCUT2D eigenvalue weighted by Gasteiger charge is 2.22. The van der Waals surface area contributed by atoms with Crippen LogP contribution in [0.25, 0.3) is 0 Å². The lowest BCUT2D eigenvalue weighted by Gasteiger charge is -2.26. The van der Waals surface area contributed by atoms with Gasteiger partial charge in [0.15, 0.2) is 0 Å². The van der Waals surface area contributed by atoms with Gasteiger partial charge in [0.1, 0.15) is 5.75 Å². The molecule has 3 heteroatoms. The van der Waals surface area contributed by atoms with Crippen molar-refractivity contribution in [3.63, 3.8) is 0 Å². The Hall–Kier alpha value is -1.77. The minimum Gasteiger partial charge on any atom is -0.493 e. The summed E-state index contributed by atoms with van der Waals surface area (Å²) in [6, 6.07) is 7.94. The van der Waals surface area contributed by atoms with Crippen LogP contribution >= 0.6 is 0 Å². The summed E-state index contributed by atoms with van der Waals surface area (Å²) in [5, 5.41) is 3.07. The number of ether oxygens (including phenoxy) is 1. The van der Waals surface area contributed by atoms with E-state index >= 15 is 0 Å². The van der Waals surface area contributed by atoms with Crippen molar-refractivity contribution in [2.45, 2.75) is 32.7 Å². The van der Waals surface area contributed by atoms with Gasteiger partial charge in [-0.15, -0.1) is 0 Å². The van der Waals surface area contributed by atoms with Gasteiger partial charge in [-0.3, -0.25) is 4.79 Å². The van der Waals surface area contributed by atoms with Crippen molar-refractivity contribution in [2.75, 3.05) is 6.61 Å². The molecule has 0 bridgehead atoms. The maximum Gasteiger partial charge on any atom is 0.247 e. The SMILES string of the molecule is CC/C=C(\C)C(=O)N[C@H]1CCOc2ccccc21. The zero-order valence-electron chi connectivity index (χ0n) is 10.9. The van der Waals surface area contributed by atoms with Crippen LogP contribution in [0.15, 0.2) is 35.9 Å². The first-order chi connectivity index (χ1) is 8.72. The summed E-state index contributed by atoms with van der Waals surface area (Å²) in [7, 11) is 0. The maximum atomic E-state index is 12.0. The second-order valence-electron chi connectivity index (χ2n) is 4.50. The van der Waals surface area contributed by atoms with Crippen molar-refractivity contribution < 1.29 is 9.53 Å². The van der Waals surface area contributed by atoms with E-state index in [1.54, 1.807) is 0 Å². The van der Waals surface area contributed by atoms with E-state index in [2.05, 4.69) is 5.32 Å². The Kier molecular flexibility index (Phi) is 4.03. The summed E-state index contributed by atoms with van der Waals surface area (Å²) in [6.45, 7) is 4.53. The molecule has 2 rings (SSSR count). The summed E-state index contributed by atoms with van der Waals surface area (Å²) in [5.74, 6) is 0.893. The standard InChI is InChI=1S/C15H19NO2/c1-3-6-11(2)15(17)16-13-9-10-18-14-8-5-4-7-12(13)14/h4-8,13H,3,9-10H2,1-2H3,(H,16,17)/b11-6+/t13-/m0/s1. The summed E-state index contributed by atoms with van der Waals surface area (Å²) >= 11 is 0. The first kappa shape index (κ1) is 12.7. The third kappa shape index (κ3) is 2.73. The molecule has 96 valence electrons. The fourth-order valence-electron chi connectivity index (χ4n) is 2.16. The van der Waals surface area contributed by atoms with Gasteiger partial charge in [0, 0.05) is 17.6 Å². The molecule has 1 amide bonds. The Morgan fingerprint density at radius 3 is 3.06 bits per heavy atom. The molecule has 3 nitrogen and oxygen atoms in total. The van der Waals surface area contributed by atoms with E-state index in [1.807, 2.05) is 44.2 Å². The number of fused-ring (bicyclic) bond motifs is 1. The average molecular weight is 245 g/mol. The van der Waals surface area contributed by atoms with Gasteiger partial charge in [0.05, 0.1) is 12.6 Å². The number of nitrogens with one attached hydrogen (secondary N) is 1. The number of rotatable bonds is 3. The third-order valence-electron chi connectivity index (χ3n) is 3.13. The molecule has 0 spiro atoms. The topological polar surface area (TPSA) is 38.3 Å². The first-order valence-corrected chi connectivity index (χ1v) is 6.41. The van der Waals surface area contributed by atoms with E-state index in [1.165, 1.54) is 0 Å². The molecule has 1 aliphatic heterocycles. The van der Waals surface area contributed by atoms with Crippen LogP contribution in [0.5, 0.6) is 5.75 Å². The normalized spacial score (nSPS) is 18.8. The fourth-order valence-corrected chi connectivity index (χ4v) is 2.16. The number of allylic oxidation sites excluding steroid dienone is 1. The zero-order valence-corrected chi connectivity index (χ0v) is 10.9. The van der Waals surface area contributed by atoms with Crippen molar-refractivity contribution in [2.24, 2.45) is 0 Å². The number of para-hydroxylation sites is 1. The van der Waals surface area contributed by atoms with Crippen LogP contribution < -0.4 is 10.1 Å². The predicted octanol–water partition coefficient (Wildman–Crippen LogP) is 2.98. The van der Waals surface area contributed by atoms with Crippen molar-refractivity contribution in [1.82, 2.24) is 5.32 Å². The molecule has 18 heavy (non-hydrogen) atoms. The number of amides is 1. The molecule has 0 radical (unpaired) electrons. The molecule has 0 saturated carbocycles. The summed E-state index contributed by atoms with van der Waals surface area (Å²) in [4.78, 5) is 12.0. The molecule has 0 aliphatic carbocycles. The third-order valence-corrected chi connectivity index (χ3v) is 3.13. The molecule has 0 aromatic heterocycles. The lowest BCUT2D eigenvalue weighted by Crippen LogP contribution is -2.32. The van der Waals surface area contributed by atoms with Crippen LogP contribution in [0.1, 0.15) is 38.3 Å². The highest BCUT2D eigenvalue weighted by molar-refractivity contribution is 5.93. The van der Waals surface area contributed by atoms with Crippen molar-refractivity contribution in [3.05, 3.63) is 41.5 Å². The van der Waals surface area contributed by atoms with Crippen LogP contribution in [-0.2, 0) is 4.79 Å². The number of carbonyl (C=O) groups excluding carboxylic acids is 1. The molecule has 1 heterocycles. The van der Waals surface area contributed by atoms with Crippen molar-refractivity contribution >= 4 is 5.91 Å². The van der Waals surface area contributed by atoms with Gasteiger partial charge in [0.25, 0.3) is 0 Å². The van der Waals surface area contributed by atoms with Crippen LogP contribution in [-0.4, -0.2) is 12.5 Å². The van der Waals surface area contributed by atoms with E-state index in [0.29, 0.717) is 6.61 Å². The Bertz CT molecular complexity index is 465. The van der Waals surface area contributed by atoms with E-state index < -0.39 is 0 Å². The van der Waals surface area contributed by atoms with Gasteiger partial charge in [-0.1, -0.05) is 31.2 Å². The molecule has 1 aromatic carbocycles. The van der Waals surface area contributed by atoms with E-state index in [-0.39, 0.29) is 11.9 Å². The predicted molar refractivity (Wildman–Crippen MR) is 71.5 cm³/mol. The maximum absolute atomic E-state index is 12.0. The van der Waals surface area contributed by atoms with Crippen molar-refractivity contribution in [3.8, 4) is 5.75 Å². The van der Waals surface area contributed by atoms with Gasteiger partial charge >= 0.3 is 0 Å². The molecule has 1 N–H and O–H groups in total. The largest absolute Gasteiger partial charge is 0.493 e. The second-order valence-corrected chi connectivity index (χ2v) is 4.50. The minimum atomic E-state index is 0.0125. The minimum absolute atomic E-state index is 0.0125. The summed E-state index contributed by atoms with van der Waals surface area (Å²) in [5.41, 5.74) is 1.85. The highest BCUT2D eigenvalue weighted by Crippen LogP contribution is 2.31. The van der Waals surface area contributed by atoms with Crippen LogP contribution in [0.4, 0.5) is 0 Å². The lowest BCUT2D eigenvalue weighted by molar-refractivity contribution is -0.118. The van der Waals surface area contributed by atoms with Gasteiger partial charge in [-0.25, -0.2) is 0 Å². The van der Waals surface area contributed by atoms with E-state index in [4.69, 9.17) is 4.74 Å². The molecule has 1 aromatic rings. The zero-order chi connectivity index (χ0) is 13.0. The number of benzene rings is 1. The Morgan fingerprint density at radius 1 is 1.50 bits per heavy atom. The molecular formula is C15H19NO2. The monoisotopic (exact) mass is 245 g/mol. The molecule has 1 atom stereocenters. The van der Waals surface area contributed by atoms with Crippen LogP contribution in [0, 0.1) is 0 Å². The van der Waals surface area contributed by atoms with E-state index in [9.17, 15) is 4.79 Å². The van der Waals surface area contributed by atoms with Crippen molar-refractivity contribution in [1.29, 1.82) is 0 Å². The summed E-state index contributed by atoms with van der Waals surface area (Å²) in [6.07, 6.45) is 3.65. The molecule has 0 fully saturated rings. The van der Waals surface area contributed by atoms with E-state index in [0.717, 1.165) is 29.7 Å². The second kappa shape index (κ2) is 5.71. The highest BCUT2D eigenvalue weighted by atomic mass is 16.5. The Labute approximate surface area is 108 Å². The Balaban J connectivity index is 2.12. The first-order valence-electron chi connectivity index (χ1n) is 6.41. The van der Waals surface area contributed by atoms with Gasteiger partial charge in [-0.05, 0) is 19.4 Å². The van der Waals surface area contributed by atoms with Crippen LogP contribution in [0.3, 0.4) is 0 Å². The smallest absolute Gasteiger partial charge is 0.247 e. The number of hydrogen-bond acceptors (Lipinski definition) is 2. The molecular weight excluding hydrogens is 226 g/mol. The molecule has 0 unspecified atom stereocenters. The summed E-state index contributed by atoms with van der Waals surface area (Å²) < 4.78 is 5.58.